The minimum Gasteiger partial charge on any atom is -0.494 e. The average Bonchev–Trinajstić information content (AvgIpc) is 2.88. The van der Waals surface area contributed by atoms with Gasteiger partial charge in [0.15, 0.2) is 0 Å². The summed E-state index contributed by atoms with van der Waals surface area (Å²) in [6, 6.07) is 7.46. The second-order valence-electron chi connectivity index (χ2n) is 5.41. The van der Waals surface area contributed by atoms with E-state index in [0.717, 1.165) is 23.7 Å². The third kappa shape index (κ3) is 4.21. The Hall–Kier alpha value is -2.08. The van der Waals surface area contributed by atoms with Crippen LogP contribution < -0.4 is 9.47 Å². The van der Waals surface area contributed by atoms with Crippen LogP contribution in [-0.2, 0) is 19.8 Å². The van der Waals surface area contributed by atoms with Crippen molar-refractivity contribution in [3.8, 4) is 11.5 Å². The van der Waals surface area contributed by atoms with E-state index < -0.39 is 0 Å². The average molecular weight is 305 g/mol. The van der Waals surface area contributed by atoms with E-state index in [-0.39, 0.29) is 6.61 Å². The third-order valence-corrected chi connectivity index (χ3v) is 3.12. The zero-order valence-electron chi connectivity index (χ0n) is 13.3. The Kier molecular flexibility index (Phi) is 5.77. The van der Waals surface area contributed by atoms with Gasteiger partial charge in [-0.15, -0.1) is 5.10 Å². The Morgan fingerprint density at radius 3 is 2.32 bits per heavy atom. The van der Waals surface area contributed by atoms with E-state index in [0.29, 0.717) is 24.8 Å². The summed E-state index contributed by atoms with van der Waals surface area (Å²) in [5.74, 6) is 2.00. The van der Waals surface area contributed by atoms with Crippen molar-refractivity contribution in [2.24, 2.45) is 5.92 Å². The number of aromatic nitrogens is 3. The monoisotopic (exact) mass is 305 g/mol. The van der Waals surface area contributed by atoms with Gasteiger partial charge in [-0.3, -0.25) is 0 Å². The minimum atomic E-state index is -0.139. The van der Waals surface area contributed by atoms with Gasteiger partial charge in [0.25, 0.3) is 0 Å². The molecule has 0 aliphatic rings. The Morgan fingerprint density at radius 2 is 1.77 bits per heavy atom. The summed E-state index contributed by atoms with van der Waals surface area (Å²) < 4.78 is 13.0. The van der Waals surface area contributed by atoms with E-state index in [1.165, 1.54) is 0 Å². The predicted octanol–water partition coefficient (Wildman–Crippen LogP) is 2.40. The van der Waals surface area contributed by atoms with Gasteiger partial charge in [-0.1, -0.05) is 19.1 Å². The highest BCUT2D eigenvalue weighted by atomic mass is 16.5. The minimum absolute atomic E-state index is 0.139. The Morgan fingerprint density at radius 1 is 1.14 bits per heavy atom. The number of benzene rings is 1. The van der Waals surface area contributed by atoms with Crippen LogP contribution in [0.4, 0.5) is 0 Å². The van der Waals surface area contributed by atoms with E-state index >= 15 is 0 Å². The Labute approximate surface area is 130 Å². The van der Waals surface area contributed by atoms with Crippen LogP contribution in [0.1, 0.15) is 32.2 Å². The number of rotatable bonds is 8. The fourth-order valence-corrected chi connectivity index (χ4v) is 2.09. The quantitative estimate of drug-likeness (QED) is 0.811. The van der Waals surface area contributed by atoms with Crippen molar-refractivity contribution in [1.82, 2.24) is 15.0 Å². The largest absolute Gasteiger partial charge is 0.494 e. The number of hydrogen-bond acceptors (Lipinski definition) is 5. The number of aliphatic hydroxyl groups excluding tert-OH is 1. The maximum absolute atomic E-state index is 9.37. The molecule has 0 spiro atoms. The molecule has 0 amide bonds. The van der Waals surface area contributed by atoms with Crippen LogP contribution in [0.3, 0.4) is 0 Å². The van der Waals surface area contributed by atoms with Crippen molar-refractivity contribution in [3.63, 3.8) is 0 Å². The molecule has 1 heterocycles. The van der Waals surface area contributed by atoms with Crippen LogP contribution >= 0.6 is 0 Å². The molecule has 0 aliphatic heterocycles. The molecule has 6 heteroatoms. The van der Waals surface area contributed by atoms with Crippen molar-refractivity contribution < 1.29 is 14.6 Å². The summed E-state index contributed by atoms with van der Waals surface area (Å²) in [5, 5.41) is 17.5. The van der Waals surface area contributed by atoms with E-state index in [9.17, 15) is 5.11 Å². The summed E-state index contributed by atoms with van der Waals surface area (Å²) in [4.78, 5) is 0. The van der Waals surface area contributed by atoms with E-state index in [1.54, 1.807) is 4.68 Å². The highest BCUT2D eigenvalue weighted by Crippen LogP contribution is 2.19. The molecule has 0 fully saturated rings. The van der Waals surface area contributed by atoms with Gasteiger partial charge < -0.3 is 14.6 Å². The second kappa shape index (κ2) is 7.79. The van der Waals surface area contributed by atoms with Gasteiger partial charge in [0.2, 0.25) is 0 Å². The van der Waals surface area contributed by atoms with Gasteiger partial charge in [-0.2, -0.15) is 0 Å². The molecule has 0 radical (unpaired) electrons. The van der Waals surface area contributed by atoms with Crippen molar-refractivity contribution in [2.75, 3.05) is 6.61 Å². The molecule has 0 unspecified atom stereocenters. The van der Waals surface area contributed by atoms with Crippen LogP contribution in [0, 0.1) is 5.92 Å². The zero-order valence-corrected chi connectivity index (χ0v) is 13.3. The molecule has 1 aromatic carbocycles. The first kappa shape index (κ1) is 16.3. The molecule has 0 saturated heterocycles. The highest BCUT2D eigenvalue weighted by molar-refractivity contribution is 5.31. The van der Waals surface area contributed by atoms with Gasteiger partial charge >= 0.3 is 0 Å². The molecular weight excluding hydrogens is 282 g/mol. The summed E-state index contributed by atoms with van der Waals surface area (Å²) in [7, 11) is 0. The first-order valence-electron chi connectivity index (χ1n) is 7.51. The number of nitrogens with zero attached hydrogens (tertiary/aromatic N) is 3. The van der Waals surface area contributed by atoms with Crippen molar-refractivity contribution in [2.45, 2.75) is 40.5 Å². The molecule has 120 valence electrons. The lowest BCUT2D eigenvalue weighted by Crippen LogP contribution is -2.12. The molecule has 0 aliphatic carbocycles. The second-order valence-corrected chi connectivity index (χ2v) is 5.41. The summed E-state index contributed by atoms with van der Waals surface area (Å²) in [6.07, 6.45) is 0. The van der Waals surface area contributed by atoms with Crippen LogP contribution in [-0.4, -0.2) is 26.7 Å². The van der Waals surface area contributed by atoms with Crippen LogP contribution in [0.25, 0.3) is 0 Å². The molecular formula is C16H23N3O3. The van der Waals surface area contributed by atoms with Crippen LogP contribution in [0.2, 0.25) is 0 Å². The number of aliphatic hydroxyl groups is 1. The molecule has 0 bridgehead atoms. The van der Waals surface area contributed by atoms with Crippen LogP contribution in [0.15, 0.2) is 24.3 Å². The maximum atomic E-state index is 9.37. The standard InChI is InChI=1S/C16H23N3O3/c1-4-21-13-5-7-14(8-6-13)22-11-16-15(10-20)17-18-19(16)9-12(2)3/h5-8,12,20H,4,9-11H2,1-3H3. The van der Waals surface area contributed by atoms with Gasteiger partial charge in [-0.05, 0) is 37.1 Å². The lowest BCUT2D eigenvalue weighted by molar-refractivity contribution is 0.260. The fourth-order valence-electron chi connectivity index (χ4n) is 2.09. The first-order chi connectivity index (χ1) is 10.6. The van der Waals surface area contributed by atoms with Crippen molar-refractivity contribution >= 4 is 0 Å². The van der Waals surface area contributed by atoms with E-state index in [2.05, 4.69) is 24.2 Å². The van der Waals surface area contributed by atoms with Crippen molar-refractivity contribution in [3.05, 3.63) is 35.7 Å². The van der Waals surface area contributed by atoms with Gasteiger partial charge in [-0.25, -0.2) is 4.68 Å². The highest BCUT2D eigenvalue weighted by Gasteiger charge is 2.13. The van der Waals surface area contributed by atoms with E-state index in [1.807, 2.05) is 31.2 Å². The van der Waals surface area contributed by atoms with Gasteiger partial charge in [0, 0.05) is 6.54 Å². The number of hydrogen-bond donors (Lipinski definition) is 1. The van der Waals surface area contributed by atoms with Crippen molar-refractivity contribution in [1.29, 1.82) is 0 Å². The molecule has 22 heavy (non-hydrogen) atoms. The Balaban J connectivity index is 2.05. The molecule has 1 N–H and O–H groups in total. The summed E-state index contributed by atoms with van der Waals surface area (Å²) in [5.41, 5.74) is 1.37. The predicted molar refractivity (Wildman–Crippen MR) is 82.7 cm³/mol. The summed E-state index contributed by atoms with van der Waals surface area (Å²) >= 11 is 0. The maximum Gasteiger partial charge on any atom is 0.132 e. The summed E-state index contributed by atoms with van der Waals surface area (Å²) in [6.45, 7) is 7.73. The van der Waals surface area contributed by atoms with Gasteiger partial charge in [0.1, 0.15) is 29.5 Å². The molecule has 1 aromatic heterocycles. The first-order valence-corrected chi connectivity index (χ1v) is 7.51. The molecule has 2 rings (SSSR count). The van der Waals surface area contributed by atoms with Gasteiger partial charge in [0.05, 0.1) is 13.2 Å². The molecule has 2 aromatic rings. The topological polar surface area (TPSA) is 69.4 Å². The lowest BCUT2D eigenvalue weighted by atomic mass is 10.2. The Bertz CT molecular complexity index is 579. The van der Waals surface area contributed by atoms with Crippen LogP contribution in [0.5, 0.6) is 11.5 Å². The van der Waals surface area contributed by atoms with E-state index in [4.69, 9.17) is 9.47 Å². The fraction of sp³-hybridized carbons (Fsp3) is 0.500. The SMILES string of the molecule is CCOc1ccc(OCc2c(CO)nnn2CC(C)C)cc1. The lowest BCUT2D eigenvalue weighted by Gasteiger charge is -2.11. The molecule has 0 atom stereocenters. The third-order valence-electron chi connectivity index (χ3n) is 3.12. The molecule has 0 saturated carbocycles. The smallest absolute Gasteiger partial charge is 0.132 e. The molecule has 6 nitrogen and oxygen atoms in total. The zero-order chi connectivity index (χ0) is 15.9. The normalized spacial score (nSPS) is 11.0. The number of ether oxygens (including phenoxy) is 2.